The van der Waals surface area contributed by atoms with Crippen molar-refractivity contribution in [3.63, 3.8) is 0 Å². The van der Waals surface area contributed by atoms with Crippen LogP contribution in [-0.4, -0.2) is 17.0 Å². The number of benzene rings is 1. The molecule has 22 heavy (non-hydrogen) atoms. The maximum atomic E-state index is 13.3. The van der Waals surface area contributed by atoms with Gasteiger partial charge in [-0.3, -0.25) is 4.79 Å². The van der Waals surface area contributed by atoms with Crippen molar-refractivity contribution in [2.24, 2.45) is 0 Å². The van der Waals surface area contributed by atoms with E-state index in [0.29, 0.717) is 22.5 Å². The molecule has 1 amide bonds. The molecule has 1 aromatic carbocycles. The minimum Gasteiger partial charge on any atom is -0.479 e. The van der Waals surface area contributed by atoms with Gasteiger partial charge < -0.3 is 14.8 Å². The number of hydrogen-bond donors (Lipinski definition) is 2. The van der Waals surface area contributed by atoms with E-state index < -0.39 is 23.7 Å². The predicted molar refractivity (Wildman–Crippen MR) is 77.2 cm³/mol. The van der Waals surface area contributed by atoms with Crippen molar-refractivity contribution in [1.82, 2.24) is 5.32 Å². The summed E-state index contributed by atoms with van der Waals surface area (Å²) in [6, 6.07) is 4.31. The van der Waals surface area contributed by atoms with Crippen molar-refractivity contribution in [1.29, 1.82) is 0 Å². The minimum absolute atomic E-state index is 0.0718. The van der Waals surface area contributed by atoms with Crippen LogP contribution in [-0.2, 0) is 4.79 Å². The maximum absolute atomic E-state index is 13.3. The largest absolute Gasteiger partial charge is 0.479 e. The first-order valence-corrected chi connectivity index (χ1v) is 6.66. The van der Waals surface area contributed by atoms with Gasteiger partial charge >= 0.3 is 5.97 Å². The first kappa shape index (κ1) is 15.8. The Morgan fingerprint density at radius 2 is 1.86 bits per heavy atom. The van der Waals surface area contributed by atoms with E-state index in [-0.39, 0.29) is 5.76 Å². The molecule has 0 saturated carbocycles. The van der Waals surface area contributed by atoms with Crippen LogP contribution >= 0.6 is 0 Å². The average Bonchev–Trinajstić information content (AvgIpc) is 2.78. The number of carbonyl (C=O) groups is 2. The molecule has 0 fully saturated rings. The number of aliphatic carboxylic acids is 1. The summed E-state index contributed by atoms with van der Waals surface area (Å²) in [4.78, 5) is 23.6. The van der Waals surface area contributed by atoms with Crippen LogP contribution in [0.25, 0.3) is 0 Å². The van der Waals surface area contributed by atoms with Crippen LogP contribution in [0, 0.1) is 26.6 Å². The van der Waals surface area contributed by atoms with Gasteiger partial charge in [-0.05, 0) is 44.0 Å². The highest BCUT2D eigenvalue weighted by atomic mass is 19.1. The summed E-state index contributed by atoms with van der Waals surface area (Å²) in [6.07, 6.45) is 0. The van der Waals surface area contributed by atoms with E-state index in [1.807, 2.05) is 0 Å². The van der Waals surface area contributed by atoms with Gasteiger partial charge in [0.15, 0.2) is 11.8 Å². The fraction of sp³-hybridized carbons (Fsp3) is 0.250. The Hall–Kier alpha value is -2.63. The summed E-state index contributed by atoms with van der Waals surface area (Å²) in [5, 5.41) is 11.7. The number of nitrogens with one attached hydrogen (secondary N) is 1. The third-order valence-corrected chi connectivity index (χ3v) is 3.28. The summed E-state index contributed by atoms with van der Waals surface area (Å²) >= 11 is 0. The monoisotopic (exact) mass is 305 g/mol. The fourth-order valence-electron chi connectivity index (χ4n) is 2.20. The summed E-state index contributed by atoms with van der Waals surface area (Å²) in [7, 11) is 0. The molecule has 0 unspecified atom stereocenters. The second-order valence-corrected chi connectivity index (χ2v) is 5.12. The third kappa shape index (κ3) is 3.16. The number of carbonyl (C=O) groups excluding carboxylic acids is 1. The Kier molecular flexibility index (Phi) is 4.30. The van der Waals surface area contributed by atoms with E-state index in [1.54, 1.807) is 19.9 Å². The second-order valence-electron chi connectivity index (χ2n) is 5.12. The topological polar surface area (TPSA) is 79.5 Å². The first-order valence-electron chi connectivity index (χ1n) is 6.66. The van der Waals surface area contributed by atoms with Crippen molar-refractivity contribution >= 4 is 11.9 Å². The molecule has 2 aromatic rings. The van der Waals surface area contributed by atoms with Gasteiger partial charge in [-0.2, -0.15) is 0 Å². The minimum atomic E-state index is -1.28. The van der Waals surface area contributed by atoms with Crippen LogP contribution in [0.3, 0.4) is 0 Å². The zero-order valence-corrected chi connectivity index (χ0v) is 12.4. The molecule has 1 heterocycles. The van der Waals surface area contributed by atoms with Crippen LogP contribution in [0.1, 0.15) is 39.0 Å². The SMILES string of the molecule is Cc1cc(C)c(C(=O)N[C@H](C(=O)O)c2ccc(F)c(C)c2)o1. The molecule has 0 aliphatic carbocycles. The Morgan fingerprint density at radius 1 is 1.18 bits per heavy atom. The molecule has 0 saturated heterocycles. The summed E-state index contributed by atoms with van der Waals surface area (Å²) in [5.74, 6) is -1.66. The molecule has 116 valence electrons. The molecular formula is C16H16FNO4. The van der Waals surface area contributed by atoms with E-state index in [4.69, 9.17) is 4.42 Å². The van der Waals surface area contributed by atoms with E-state index in [0.717, 1.165) is 0 Å². The first-order chi connectivity index (χ1) is 10.3. The Morgan fingerprint density at radius 3 is 2.36 bits per heavy atom. The molecule has 2 rings (SSSR count). The molecule has 1 atom stereocenters. The normalized spacial score (nSPS) is 12.0. The lowest BCUT2D eigenvalue weighted by atomic mass is 10.0. The highest BCUT2D eigenvalue weighted by Gasteiger charge is 2.25. The van der Waals surface area contributed by atoms with Crippen molar-refractivity contribution in [3.8, 4) is 0 Å². The summed E-state index contributed by atoms with van der Waals surface area (Å²) in [6.45, 7) is 4.92. The lowest BCUT2D eigenvalue weighted by Crippen LogP contribution is -2.34. The molecular weight excluding hydrogens is 289 g/mol. The number of rotatable bonds is 4. The van der Waals surface area contributed by atoms with Gasteiger partial charge in [0, 0.05) is 5.56 Å². The van der Waals surface area contributed by atoms with Gasteiger partial charge in [-0.15, -0.1) is 0 Å². The highest BCUT2D eigenvalue weighted by molar-refractivity contribution is 5.95. The van der Waals surface area contributed by atoms with Crippen LogP contribution in [0.4, 0.5) is 4.39 Å². The van der Waals surface area contributed by atoms with Crippen LogP contribution < -0.4 is 5.32 Å². The van der Waals surface area contributed by atoms with E-state index in [2.05, 4.69) is 5.32 Å². The Bertz CT molecular complexity index is 736. The van der Waals surface area contributed by atoms with E-state index in [1.165, 1.54) is 25.1 Å². The number of halogens is 1. The smallest absolute Gasteiger partial charge is 0.330 e. The summed E-state index contributed by atoms with van der Waals surface area (Å²) < 4.78 is 18.6. The molecule has 0 aliphatic rings. The van der Waals surface area contributed by atoms with Gasteiger partial charge in [0.2, 0.25) is 0 Å². The van der Waals surface area contributed by atoms with Crippen LogP contribution in [0.15, 0.2) is 28.7 Å². The standard InChI is InChI=1S/C16H16FNO4/c1-8-7-11(4-5-12(8)17)13(16(20)21)18-15(19)14-9(2)6-10(3)22-14/h4-7,13H,1-3H3,(H,18,19)(H,20,21)/t13-/m0/s1. The fourth-order valence-corrected chi connectivity index (χ4v) is 2.20. The maximum Gasteiger partial charge on any atom is 0.330 e. The molecule has 0 aliphatic heterocycles. The molecule has 0 spiro atoms. The Balaban J connectivity index is 2.29. The lowest BCUT2D eigenvalue weighted by Gasteiger charge is -2.15. The van der Waals surface area contributed by atoms with Gasteiger partial charge in [-0.1, -0.05) is 12.1 Å². The number of hydrogen-bond acceptors (Lipinski definition) is 3. The number of carboxylic acid groups (broad SMARTS) is 1. The zero-order valence-electron chi connectivity index (χ0n) is 12.4. The van der Waals surface area contributed by atoms with Crippen molar-refractivity contribution in [2.75, 3.05) is 0 Å². The van der Waals surface area contributed by atoms with Crippen molar-refractivity contribution < 1.29 is 23.5 Å². The predicted octanol–water partition coefficient (Wildman–Crippen LogP) is 2.90. The van der Waals surface area contributed by atoms with E-state index >= 15 is 0 Å². The zero-order chi connectivity index (χ0) is 16.4. The quantitative estimate of drug-likeness (QED) is 0.910. The van der Waals surface area contributed by atoms with Crippen molar-refractivity contribution in [2.45, 2.75) is 26.8 Å². The van der Waals surface area contributed by atoms with Crippen LogP contribution in [0.2, 0.25) is 0 Å². The third-order valence-electron chi connectivity index (χ3n) is 3.28. The lowest BCUT2D eigenvalue weighted by molar-refractivity contribution is -0.139. The number of aryl methyl sites for hydroxylation is 3. The molecule has 1 aromatic heterocycles. The van der Waals surface area contributed by atoms with E-state index in [9.17, 15) is 19.1 Å². The number of carboxylic acids is 1. The second kappa shape index (κ2) is 6.01. The molecule has 6 heteroatoms. The van der Waals surface area contributed by atoms with Gasteiger partial charge in [0.25, 0.3) is 5.91 Å². The molecule has 0 radical (unpaired) electrons. The Labute approximate surface area is 126 Å². The average molecular weight is 305 g/mol. The van der Waals surface area contributed by atoms with Crippen LogP contribution in [0.5, 0.6) is 0 Å². The van der Waals surface area contributed by atoms with Gasteiger partial charge in [0.1, 0.15) is 11.6 Å². The number of furan rings is 1. The van der Waals surface area contributed by atoms with Crippen molar-refractivity contribution in [3.05, 3.63) is 58.3 Å². The number of amides is 1. The molecule has 5 nitrogen and oxygen atoms in total. The van der Waals surface area contributed by atoms with Gasteiger partial charge in [0.05, 0.1) is 0 Å². The molecule has 0 bridgehead atoms. The summed E-state index contributed by atoms with van der Waals surface area (Å²) in [5.41, 5.74) is 1.22. The molecule has 2 N–H and O–H groups in total. The highest BCUT2D eigenvalue weighted by Crippen LogP contribution is 2.19. The van der Waals surface area contributed by atoms with Gasteiger partial charge in [-0.25, -0.2) is 9.18 Å².